The third-order valence-corrected chi connectivity index (χ3v) is 4.36. The predicted molar refractivity (Wildman–Crippen MR) is 78.2 cm³/mol. The molecule has 2 heterocycles. The lowest BCUT2D eigenvalue weighted by Gasteiger charge is -2.22. The van der Waals surface area contributed by atoms with Gasteiger partial charge in [-0.1, -0.05) is 12.8 Å². The number of carbonyl (C=O) groups is 1. The van der Waals surface area contributed by atoms with Crippen LogP contribution in [0.2, 0.25) is 0 Å². The number of carbonyl (C=O) groups excluding carboxylic acids is 1. The Morgan fingerprint density at radius 3 is 2.84 bits per heavy atom. The maximum atomic E-state index is 11.9. The lowest BCUT2D eigenvalue weighted by atomic mass is 10.0. The number of nitrogens with one attached hydrogen (secondary N) is 2. The van der Waals surface area contributed by atoms with Crippen LogP contribution in [0.15, 0.2) is 0 Å². The molecule has 4 heteroatoms. The van der Waals surface area contributed by atoms with E-state index in [9.17, 15) is 4.79 Å². The number of rotatable bonds is 5. The molecule has 0 aromatic carbocycles. The van der Waals surface area contributed by atoms with Crippen molar-refractivity contribution in [1.29, 1.82) is 0 Å². The van der Waals surface area contributed by atoms with Crippen LogP contribution in [0.1, 0.15) is 51.9 Å². The molecule has 4 nitrogen and oxygen atoms in total. The summed E-state index contributed by atoms with van der Waals surface area (Å²) in [5.41, 5.74) is 0. The minimum Gasteiger partial charge on any atom is -0.342 e. The Hall–Kier alpha value is -0.610. The highest BCUT2D eigenvalue weighted by Crippen LogP contribution is 2.12. The van der Waals surface area contributed by atoms with Gasteiger partial charge in [-0.2, -0.15) is 0 Å². The van der Waals surface area contributed by atoms with Crippen molar-refractivity contribution < 1.29 is 4.79 Å². The fourth-order valence-corrected chi connectivity index (χ4v) is 3.15. The van der Waals surface area contributed by atoms with Crippen molar-refractivity contribution in [1.82, 2.24) is 15.5 Å². The highest BCUT2D eigenvalue weighted by atomic mass is 16.2. The molecule has 2 aliphatic heterocycles. The molecule has 110 valence electrons. The van der Waals surface area contributed by atoms with Gasteiger partial charge in [0.15, 0.2) is 0 Å². The second-order valence-electron chi connectivity index (χ2n) is 6.11. The first-order valence-electron chi connectivity index (χ1n) is 8.00. The average molecular weight is 267 g/mol. The summed E-state index contributed by atoms with van der Waals surface area (Å²) in [5, 5.41) is 7.02. The van der Waals surface area contributed by atoms with Crippen LogP contribution >= 0.6 is 0 Å². The predicted octanol–water partition coefficient (Wildman–Crippen LogP) is 1.51. The van der Waals surface area contributed by atoms with Crippen molar-refractivity contribution in [3.05, 3.63) is 0 Å². The molecule has 2 N–H and O–H groups in total. The second kappa shape index (κ2) is 7.85. The molecule has 1 amide bonds. The van der Waals surface area contributed by atoms with Crippen molar-refractivity contribution in [3.63, 3.8) is 0 Å². The summed E-state index contributed by atoms with van der Waals surface area (Å²) in [6, 6.07) is 1.05. The van der Waals surface area contributed by atoms with Gasteiger partial charge >= 0.3 is 0 Å². The summed E-state index contributed by atoms with van der Waals surface area (Å²) in [7, 11) is 0. The quantitative estimate of drug-likeness (QED) is 0.793. The second-order valence-corrected chi connectivity index (χ2v) is 6.11. The van der Waals surface area contributed by atoms with Gasteiger partial charge in [0, 0.05) is 25.2 Å². The molecule has 2 aliphatic rings. The van der Waals surface area contributed by atoms with Crippen molar-refractivity contribution >= 4 is 5.91 Å². The van der Waals surface area contributed by atoms with Crippen molar-refractivity contribution in [2.75, 3.05) is 26.2 Å². The molecule has 0 radical (unpaired) electrons. The Kier molecular flexibility index (Phi) is 6.11. The van der Waals surface area contributed by atoms with Gasteiger partial charge in [-0.3, -0.25) is 4.79 Å². The zero-order valence-corrected chi connectivity index (χ0v) is 12.3. The first-order valence-corrected chi connectivity index (χ1v) is 8.00. The van der Waals surface area contributed by atoms with Gasteiger partial charge in [-0.25, -0.2) is 0 Å². The maximum Gasteiger partial charge on any atom is 0.236 e. The topological polar surface area (TPSA) is 44.4 Å². The summed E-state index contributed by atoms with van der Waals surface area (Å²) in [4.78, 5) is 13.9. The Balaban J connectivity index is 1.62. The fourth-order valence-electron chi connectivity index (χ4n) is 3.15. The van der Waals surface area contributed by atoms with Gasteiger partial charge in [0.25, 0.3) is 0 Å². The Morgan fingerprint density at radius 1 is 1.26 bits per heavy atom. The SMILES string of the molecule is CC(CC1CCCCCN1)NCC(=O)N1CCCC1. The molecule has 19 heavy (non-hydrogen) atoms. The van der Waals surface area contributed by atoms with Crippen LogP contribution < -0.4 is 10.6 Å². The Bertz CT molecular complexity index is 269. The molecular weight excluding hydrogens is 238 g/mol. The monoisotopic (exact) mass is 267 g/mol. The fraction of sp³-hybridized carbons (Fsp3) is 0.933. The summed E-state index contributed by atoms with van der Waals surface area (Å²) < 4.78 is 0. The molecule has 2 rings (SSSR count). The van der Waals surface area contributed by atoms with Gasteiger partial charge in [0.05, 0.1) is 6.54 Å². The largest absolute Gasteiger partial charge is 0.342 e. The summed E-state index contributed by atoms with van der Waals surface area (Å²) in [6.07, 6.45) is 8.78. The molecule has 2 fully saturated rings. The first kappa shape index (κ1) is 14.8. The van der Waals surface area contributed by atoms with Gasteiger partial charge in [0.2, 0.25) is 5.91 Å². The van der Waals surface area contributed by atoms with Crippen molar-refractivity contribution in [3.8, 4) is 0 Å². The molecular formula is C15H29N3O. The number of likely N-dealkylation sites (tertiary alicyclic amines) is 1. The van der Waals surface area contributed by atoms with E-state index in [1.54, 1.807) is 0 Å². The normalized spacial score (nSPS) is 26.2. The van der Waals surface area contributed by atoms with Gasteiger partial charge in [-0.15, -0.1) is 0 Å². The highest BCUT2D eigenvalue weighted by molar-refractivity contribution is 5.78. The molecule has 0 saturated carbocycles. The van der Waals surface area contributed by atoms with Crippen molar-refractivity contribution in [2.24, 2.45) is 0 Å². The van der Waals surface area contributed by atoms with Crippen LogP contribution in [-0.2, 0) is 4.79 Å². The molecule has 2 unspecified atom stereocenters. The van der Waals surface area contributed by atoms with Crippen LogP contribution in [0.4, 0.5) is 0 Å². The molecule has 0 spiro atoms. The number of nitrogens with zero attached hydrogens (tertiary/aromatic N) is 1. The van der Waals surface area contributed by atoms with E-state index >= 15 is 0 Å². The molecule has 2 saturated heterocycles. The third-order valence-electron chi connectivity index (χ3n) is 4.36. The average Bonchev–Trinajstić information content (AvgIpc) is 2.82. The summed E-state index contributed by atoms with van der Waals surface area (Å²) in [6.45, 7) is 5.78. The van der Waals surface area contributed by atoms with Gasteiger partial charge < -0.3 is 15.5 Å². The maximum absolute atomic E-state index is 11.9. The molecule has 0 bridgehead atoms. The van der Waals surface area contributed by atoms with E-state index in [-0.39, 0.29) is 5.91 Å². The molecule has 0 aliphatic carbocycles. The Labute approximate surface area is 117 Å². The summed E-state index contributed by atoms with van der Waals surface area (Å²) in [5.74, 6) is 0.276. The number of amides is 1. The highest BCUT2D eigenvalue weighted by Gasteiger charge is 2.19. The Morgan fingerprint density at radius 2 is 2.05 bits per heavy atom. The van der Waals surface area contributed by atoms with E-state index < -0.39 is 0 Å². The van der Waals surface area contributed by atoms with E-state index in [4.69, 9.17) is 0 Å². The molecule has 0 aromatic rings. The van der Waals surface area contributed by atoms with Crippen LogP contribution in [0.25, 0.3) is 0 Å². The lowest BCUT2D eigenvalue weighted by Crippen LogP contribution is -2.42. The lowest BCUT2D eigenvalue weighted by molar-refractivity contribution is -0.129. The van der Waals surface area contributed by atoms with Crippen LogP contribution in [0.5, 0.6) is 0 Å². The third kappa shape index (κ3) is 5.11. The van der Waals surface area contributed by atoms with E-state index in [1.807, 2.05) is 4.90 Å². The summed E-state index contributed by atoms with van der Waals surface area (Å²) >= 11 is 0. The van der Waals surface area contributed by atoms with Crippen LogP contribution in [-0.4, -0.2) is 49.1 Å². The minimum atomic E-state index is 0.276. The van der Waals surface area contributed by atoms with E-state index in [1.165, 1.54) is 38.5 Å². The number of hydrogen-bond donors (Lipinski definition) is 2. The van der Waals surface area contributed by atoms with E-state index in [2.05, 4.69) is 17.6 Å². The van der Waals surface area contributed by atoms with Gasteiger partial charge in [-0.05, 0) is 45.6 Å². The standard InChI is InChI=1S/C15H29N3O/c1-13(11-14-7-3-2-4-8-16-14)17-12-15(19)18-9-5-6-10-18/h13-14,16-17H,2-12H2,1H3. The molecule has 2 atom stereocenters. The first-order chi connectivity index (χ1) is 9.25. The van der Waals surface area contributed by atoms with Gasteiger partial charge in [0.1, 0.15) is 0 Å². The van der Waals surface area contributed by atoms with Crippen LogP contribution in [0, 0.1) is 0 Å². The zero-order chi connectivity index (χ0) is 13.5. The smallest absolute Gasteiger partial charge is 0.236 e. The number of hydrogen-bond acceptors (Lipinski definition) is 3. The minimum absolute atomic E-state index is 0.276. The zero-order valence-electron chi connectivity index (χ0n) is 12.3. The van der Waals surface area contributed by atoms with E-state index in [0.717, 1.165) is 26.1 Å². The van der Waals surface area contributed by atoms with Crippen LogP contribution in [0.3, 0.4) is 0 Å². The van der Waals surface area contributed by atoms with Crippen molar-refractivity contribution in [2.45, 2.75) is 64.0 Å². The molecule has 0 aromatic heterocycles. The van der Waals surface area contributed by atoms with E-state index in [0.29, 0.717) is 18.6 Å².